The van der Waals surface area contributed by atoms with Crippen LogP contribution in [0.15, 0.2) is 24.3 Å². The zero-order valence-corrected chi connectivity index (χ0v) is 19.6. The van der Waals surface area contributed by atoms with Gasteiger partial charge in [-0.3, -0.25) is 9.59 Å². The Kier molecular flexibility index (Phi) is 6.83. The standard InChI is InChI=1S/C24H32N4O4/c1-7-31-12-18-27-19-20(16-10-8-9-11-17(16)26-22(19)25)28(18)13-24(5,6)32-23(30)15(4)21(29)14(2)3/h8-11,14-15H,7,12-13H2,1-6H3,(H2,25,26). The highest BCUT2D eigenvalue weighted by atomic mass is 16.6. The zero-order valence-electron chi connectivity index (χ0n) is 19.6. The minimum atomic E-state index is -0.906. The van der Waals surface area contributed by atoms with Gasteiger partial charge in [-0.25, -0.2) is 9.97 Å². The second-order valence-electron chi connectivity index (χ2n) is 8.92. The van der Waals surface area contributed by atoms with Crippen LogP contribution in [0.5, 0.6) is 0 Å². The number of nitrogen functional groups attached to an aromatic ring is 1. The summed E-state index contributed by atoms with van der Waals surface area (Å²) in [6.45, 7) is 11.8. The molecule has 0 bridgehead atoms. The van der Waals surface area contributed by atoms with E-state index in [0.717, 1.165) is 16.4 Å². The lowest BCUT2D eigenvalue weighted by Crippen LogP contribution is -2.38. The van der Waals surface area contributed by atoms with E-state index in [1.165, 1.54) is 0 Å². The van der Waals surface area contributed by atoms with Gasteiger partial charge >= 0.3 is 5.97 Å². The molecule has 1 unspecified atom stereocenters. The summed E-state index contributed by atoms with van der Waals surface area (Å²) in [7, 11) is 0. The number of ether oxygens (including phenoxy) is 2. The maximum atomic E-state index is 12.7. The summed E-state index contributed by atoms with van der Waals surface area (Å²) in [5.74, 6) is -0.727. The van der Waals surface area contributed by atoms with Gasteiger partial charge < -0.3 is 19.8 Å². The van der Waals surface area contributed by atoms with E-state index in [4.69, 9.17) is 20.2 Å². The van der Waals surface area contributed by atoms with Gasteiger partial charge in [0.1, 0.15) is 35.3 Å². The molecule has 172 valence electrons. The molecule has 8 heteroatoms. The molecule has 32 heavy (non-hydrogen) atoms. The summed E-state index contributed by atoms with van der Waals surface area (Å²) in [5.41, 5.74) is 7.48. The molecule has 0 aliphatic heterocycles. The molecule has 0 aliphatic rings. The minimum absolute atomic E-state index is 0.138. The summed E-state index contributed by atoms with van der Waals surface area (Å²) in [6.07, 6.45) is 0. The number of benzene rings is 1. The molecule has 0 fully saturated rings. The molecule has 2 N–H and O–H groups in total. The molecule has 0 saturated carbocycles. The molecular weight excluding hydrogens is 408 g/mol. The number of carbonyl (C=O) groups excluding carboxylic acids is 2. The first-order valence-corrected chi connectivity index (χ1v) is 10.9. The normalized spacial score (nSPS) is 13.1. The fourth-order valence-corrected chi connectivity index (χ4v) is 3.77. The van der Waals surface area contributed by atoms with Crippen molar-refractivity contribution >= 4 is 39.5 Å². The number of nitrogens with two attached hydrogens (primary N) is 1. The highest BCUT2D eigenvalue weighted by Gasteiger charge is 2.32. The van der Waals surface area contributed by atoms with Crippen molar-refractivity contribution in [1.82, 2.24) is 14.5 Å². The number of Topliss-reactive ketones (excluding diaryl/α,β-unsaturated/α-hetero) is 1. The fraction of sp³-hybridized carbons (Fsp3) is 0.500. The van der Waals surface area contributed by atoms with Gasteiger partial charge in [0, 0.05) is 17.9 Å². The van der Waals surface area contributed by atoms with Crippen molar-refractivity contribution in [1.29, 1.82) is 0 Å². The van der Waals surface area contributed by atoms with Crippen molar-refractivity contribution in [3.05, 3.63) is 30.1 Å². The van der Waals surface area contributed by atoms with E-state index in [-0.39, 0.29) is 18.3 Å². The summed E-state index contributed by atoms with van der Waals surface area (Å²) < 4.78 is 13.4. The molecule has 0 aliphatic carbocycles. The van der Waals surface area contributed by atoms with E-state index >= 15 is 0 Å². The van der Waals surface area contributed by atoms with Gasteiger partial charge in [-0.2, -0.15) is 0 Å². The van der Waals surface area contributed by atoms with Gasteiger partial charge in [0.05, 0.1) is 17.6 Å². The summed E-state index contributed by atoms with van der Waals surface area (Å²) in [5, 5.41) is 0.900. The maximum Gasteiger partial charge on any atom is 0.316 e. The average Bonchev–Trinajstić information content (AvgIpc) is 3.09. The molecule has 2 heterocycles. The van der Waals surface area contributed by atoms with E-state index in [2.05, 4.69) is 4.98 Å². The number of para-hydroxylation sites is 1. The van der Waals surface area contributed by atoms with E-state index < -0.39 is 17.5 Å². The molecule has 3 rings (SSSR count). The number of pyridine rings is 1. The Labute approximate surface area is 188 Å². The molecule has 3 aromatic rings. The van der Waals surface area contributed by atoms with Gasteiger partial charge in [0.2, 0.25) is 0 Å². The van der Waals surface area contributed by atoms with E-state index in [0.29, 0.717) is 30.3 Å². The third-order valence-corrected chi connectivity index (χ3v) is 5.39. The number of fused-ring (bicyclic) bond motifs is 3. The molecular formula is C24H32N4O4. The lowest BCUT2D eigenvalue weighted by atomic mass is 9.97. The smallest absolute Gasteiger partial charge is 0.316 e. The first-order chi connectivity index (χ1) is 15.1. The highest BCUT2D eigenvalue weighted by molar-refractivity contribution is 6.06. The Morgan fingerprint density at radius 2 is 1.84 bits per heavy atom. The van der Waals surface area contributed by atoms with E-state index in [9.17, 15) is 9.59 Å². The van der Waals surface area contributed by atoms with Crippen LogP contribution in [0.2, 0.25) is 0 Å². The van der Waals surface area contributed by atoms with Crippen LogP contribution in [0.3, 0.4) is 0 Å². The summed E-state index contributed by atoms with van der Waals surface area (Å²) in [6, 6.07) is 7.70. The van der Waals surface area contributed by atoms with Crippen LogP contribution in [0.25, 0.3) is 21.9 Å². The van der Waals surface area contributed by atoms with Crippen molar-refractivity contribution in [3.8, 4) is 0 Å². The van der Waals surface area contributed by atoms with Crippen LogP contribution in [0.1, 0.15) is 47.4 Å². The Morgan fingerprint density at radius 1 is 1.16 bits per heavy atom. The monoisotopic (exact) mass is 440 g/mol. The van der Waals surface area contributed by atoms with E-state index in [1.54, 1.807) is 20.8 Å². The van der Waals surface area contributed by atoms with Crippen LogP contribution in [-0.2, 0) is 32.2 Å². The largest absolute Gasteiger partial charge is 0.457 e. The van der Waals surface area contributed by atoms with Crippen LogP contribution in [0.4, 0.5) is 5.82 Å². The van der Waals surface area contributed by atoms with Crippen LogP contribution in [0, 0.1) is 11.8 Å². The number of hydrogen-bond acceptors (Lipinski definition) is 7. The van der Waals surface area contributed by atoms with E-state index in [1.807, 2.05) is 49.6 Å². The lowest BCUT2D eigenvalue weighted by Gasteiger charge is -2.28. The predicted molar refractivity (Wildman–Crippen MR) is 124 cm³/mol. The molecule has 2 aromatic heterocycles. The minimum Gasteiger partial charge on any atom is -0.457 e. The Bertz CT molecular complexity index is 1150. The van der Waals surface area contributed by atoms with Gasteiger partial charge in [-0.05, 0) is 33.8 Å². The van der Waals surface area contributed by atoms with Crippen molar-refractivity contribution in [3.63, 3.8) is 0 Å². The first-order valence-electron chi connectivity index (χ1n) is 10.9. The molecule has 0 radical (unpaired) electrons. The van der Waals surface area contributed by atoms with Crippen LogP contribution < -0.4 is 5.73 Å². The third-order valence-electron chi connectivity index (χ3n) is 5.39. The van der Waals surface area contributed by atoms with Crippen LogP contribution in [-0.4, -0.2) is 38.5 Å². The number of aromatic nitrogens is 3. The quantitative estimate of drug-likeness (QED) is 0.397. The molecule has 1 aromatic carbocycles. The van der Waals surface area contributed by atoms with Gasteiger partial charge in [-0.1, -0.05) is 32.0 Å². The molecule has 0 amide bonds. The number of nitrogens with zero attached hydrogens (tertiary/aromatic N) is 3. The first kappa shape index (κ1) is 23.7. The number of rotatable bonds is 9. The number of ketones is 1. The maximum absolute atomic E-state index is 12.7. The third kappa shape index (κ3) is 4.75. The molecule has 8 nitrogen and oxygen atoms in total. The SMILES string of the molecule is CCOCc1nc2c(N)nc3ccccc3c2n1CC(C)(C)OC(=O)C(C)C(=O)C(C)C. The Balaban J connectivity index is 2.04. The number of hydrogen-bond donors (Lipinski definition) is 1. The Morgan fingerprint density at radius 3 is 2.50 bits per heavy atom. The predicted octanol–water partition coefficient (Wildman–Crippen LogP) is 3.89. The molecule has 0 saturated heterocycles. The van der Waals surface area contributed by atoms with Crippen molar-refractivity contribution in [2.45, 2.75) is 60.3 Å². The summed E-state index contributed by atoms with van der Waals surface area (Å²) >= 11 is 0. The number of anilines is 1. The van der Waals surface area contributed by atoms with Crippen LogP contribution >= 0.6 is 0 Å². The second kappa shape index (κ2) is 9.24. The van der Waals surface area contributed by atoms with Gasteiger partial charge in [0.25, 0.3) is 0 Å². The summed E-state index contributed by atoms with van der Waals surface area (Å²) in [4.78, 5) is 34.1. The van der Waals surface area contributed by atoms with Gasteiger partial charge in [0.15, 0.2) is 5.82 Å². The molecule has 1 atom stereocenters. The van der Waals surface area contributed by atoms with Gasteiger partial charge in [-0.15, -0.1) is 0 Å². The lowest BCUT2D eigenvalue weighted by molar-refractivity contribution is -0.164. The number of carbonyl (C=O) groups is 2. The highest BCUT2D eigenvalue weighted by Crippen LogP contribution is 2.31. The zero-order chi connectivity index (χ0) is 23.6. The topological polar surface area (TPSA) is 109 Å². The van der Waals surface area contributed by atoms with Crippen molar-refractivity contribution in [2.75, 3.05) is 12.3 Å². The van der Waals surface area contributed by atoms with Crippen molar-refractivity contribution in [2.24, 2.45) is 11.8 Å². The second-order valence-corrected chi connectivity index (χ2v) is 8.92. The fourth-order valence-electron chi connectivity index (χ4n) is 3.77. The number of esters is 1. The Hall–Kier alpha value is -3.00. The molecule has 0 spiro atoms. The number of imidazole rings is 1. The van der Waals surface area contributed by atoms with Crippen molar-refractivity contribution < 1.29 is 19.1 Å². The average molecular weight is 441 g/mol.